The number of rotatable bonds is 8. The summed E-state index contributed by atoms with van der Waals surface area (Å²) in [7, 11) is 0. The van der Waals surface area contributed by atoms with Gasteiger partial charge in [-0.3, -0.25) is 24.0 Å². The van der Waals surface area contributed by atoms with Gasteiger partial charge in [-0.05, 0) is 5.56 Å². The van der Waals surface area contributed by atoms with E-state index in [9.17, 15) is 28.8 Å². The highest BCUT2D eigenvalue weighted by atomic mass is 16.6. The predicted octanol–water partition coefficient (Wildman–Crippen LogP) is 1.31. The normalized spacial score (nSPS) is 16.4. The number of urea groups is 1. The highest BCUT2D eigenvalue weighted by Crippen LogP contribution is 2.38. The molecular weight excluding hydrogens is 424 g/mol. The molecule has 1 heterocycles. The second-order valence-electron chi connectivity index (χ2n) is 6.97. The lowest BCUT2D eigenvalue weighted by Gasteiger charge is -2.45. The average molecular weight is 448 g/mol. The third kappa shape index (κ3) is 4.76. The van der Waals surface area contributed by atoms with Crippen LogP contribution in [-0.2, 0) is 38.2 Å². The maximum absolute atomic E-state index is 13.5. The van der Waals surface area contributed by atoms with E-state index in [1.807, 2.05) is 0 Å². The van der Waals surface area contributed by atoms with E-state index in [0.29, 0.717) is 15.4 Å². The number of nitrogens with zero attached hydrogens (tertiary/aromatic N) is 2. The van der Waals surface area contributed by atoms with Crippen LogP contribution >= 0.6 is 0 Å². The van der Waals surface area contributed by atoms with Crippen molar-refractivity contribution in [2.75, 3.05) is 13.5 Å². The first-order chi connectivity index (χ1) is 15.1. The molecule has 1 fully saturated rings. The minimum atomic E-state index is -2.50. The smallest absolute Gasteiger partial charge is 0.339 e. The van der Waals surface area contributed by atoms with Gasteiger partial charge in [0.15, 0.2) is 13.5 Å². The number of ether oxygens (including phenoxy) is 3. The van der Waals surface area contributed by atoms with E-state index in [2.05, 4.69) is 0 Å². The molecule has 11 nitrogen and oxygen atoms in total. The van der Waals surface area contributed by atoms with Crippen molar-refractivity contribution in [2.45, 2.75) is 45.6 Å². The first-order valence-electron chi connectivity index (χ1n) is 9.77. The number of hydrogen-bond acceptors (Lipinski definition) is 9. The lowest BCUT2D eigenvalue weighted by atomic mass is 9.79. The summed E-state index contributed by atoms with van der Waals surface area (Å²) in [6, 6.07) is 7.10. The molecule has 0 aliphatic carbocycles. The molecular formula is C21H24N2O9. The van der Waals surface area contributed by atoms with Gasteiger partial charge < -0.3 is 14.2 Å². The Hall–Kier alpha value is -3.76. The zero-order valence-electron chi connectivity index (χ0n) is 18.2. The van der Waals surface area contributed by atoms with Crippen LogP contribution in [0, 0.1) is 0 Å². The number of amides is 4. The Morgan fingerprint density at radius 2 is 1.38 bits per heavy atom. The van der Waals surface area contributed by atoms with E-state index in [-0.39, 0.29) is 6.42 Å². The molecule has 1 aliphatic heterocycles. The van der Waals surface area contributed by atoms with Crippen molar-refractivity contribution < 1.29 is 43.0 Å². The number of imide groups is 2. The Morgan fingerprint density at radius 3 is 1.78 bits per heavy atom. The molecule has 0 saturated carbocycles. The van der Waals surface area contributed by atoms with Crippen LogP contribution in [0.15, 0.2) is 30.3 Å². The molecule has 0 spiro atoms. The number of esters is 3. The number of barbiturate groups is 1. The summed E-state index contributed by atoms with van der Waals surface area (Å²) in [6.07, 6.45) is -0.161. The van der Waals surface area contributed by atoms with Crippen LogP contribution in [0.3, 0.4) is 0 Å². The fourth-order valence-corrected chi connectivity index (χ4v) is 3.12. The van der Waals surface area contributed by atoms with Crippen LogP contribution in [-0.4, -0.2) is 64.6 Å². The molecule has 1 atom stereocenters. The highest BCUT2D eigenvalue weighted by molar-refractivity contribution is 6.22. The van der Waals surface area contributed by atoms with E-state index in [0.717, 1.165) is 13.8 Å². The second-order valence-corrected chi connectivity index (χ2v) is 6.97. The molecule has 0 N–H and O–H groups in total. The molecule has 32 heavy (non-hydrogen) atoms. The van der Waals surface area contributed by atoms with Gasteiger partial charge >= 0.3 is 23.9 Å². The van der Waals surface area contributed by atoms with Crippen LogP contribution in [0.25, 0.3) is 0 Å². The Kier molecular flexibility index (Phi) is 7.68. The van der Waals surface area contributed by atoms with Gasteiger partial charge in [0.2, 0.25) is 0 Å². The summed E-state index contributed by atoms with van der Waals surface area (Å²) in [5.74, 6) is -5.85. The van der Waals surface area contributed by atoms with Crippen molar-refractivity contribution in [1.82, 2.24) is 9.80 Å². The van der Waals surface area contributed by atoms with Gasteiger partial charge in [0.05, 0.1) is 0 Å². The minimum absolute atomic E-state index is 0.161. The van der Waals surface area contributed by atoms with Gasteiger partial charge in [-0.15, -0.1) is 0 Å². The second kappa shape index (κ2) is 10.0. The monoisotopic (exact) mass is 448 g/mol. The van der Waals surface area contributed by atoms with Crippen molar-refractivity contribution in [3.63, 3.8) is 0 Å². The summed E-state index contributed by atoms with van der Waals surface area (Å²) in [4.78, 5) is 75.7. The van der Waals surface area contributed by atoms with Crippen LogP contribution in [0.4, 0.5) is 4.79 Å². The fourth-order valence-electron chi connectivity index (χ4n) is 3.12. The van der Waals surface area contributed by atoms with Crippen molar-refractivity contribution in [3.8, 4) is 0 Å². The molecule has 2 rings (SSSR count). The van der Waals surface area contributed by atoms with Gasteiger partial charge in [0.25, 0.3) is 17.4 Å². The Balaban J connectivity index is 2.66. The number of carbonyl (C=O) groups excluding carboxylic acids is 6. The van der Waals surface area contributed by atoms with Gasteiger partial charge in [-0.1, -0.05) is 44.2 Å². The van der Waals surface area contributed by atoms with Crippen LogP contribution in [0.2, 0.25) is 0 Å². The van der Waals surface area contributed by atoms with Crippen LogP contribution < -0.4 is 0 Å². The molecule has 0 bridgehead atoms. The van der Waals surface area contributed by atoms with Crippen LogP contribution in [0.5, 0.6) is 0 Å². The zero-order valence-corrected chi connectivity index (χ0v) is 18.2. The SMILES string of the molecule is CCC(=O)OC1(C(C)c2ccccc2)C(=O)N(COC(C)=O)C(=O)N(COC(C)=O)C1=O. The first kappa shape index (κ1) is 24.5. The Morgan fingerprint density at radius 1 is 0.906 bits per heavy atom. The molecule has 1 unspecified atom stereocenters. The predicted molar refractivity (Wildman–Crippen MR) is 106 cm³/mol. The number of benzene rings is 1. The maximum atomic E-state index is 13.5. The Bertz CT molecular complexity index is 888. The highest BCUT2D eigenvalue weighted by Gasteiger charge is 2.64. The summed E-state index contributed by atoms with van der Waals surface area (Å²) in [5.41, 5.74) is -2.03. The van der Waals surface area contributed by atoms with Crippen molar-refractivity contribution in [1.29, 1.82) is 0 Å². The summed E-state index contributed by atoms with van der Waals surface area (Å²) in [5, 5.41) is 0. The van der Waals surface area contributed by atoms with E-state index in [4.69, 9.17) is 14.2 Å². The van der Waals surface area contributed by atoms with E-state index in [1.165, 1.54) is 13.8 Å². The summed E-state index contributed by atoms with van der Waals surface area (Å²) in [6.45, 7) is 3.43. The van der Waals surface area contributed by atoms with Gasteiger partial charge in [-0.25, -0.2) is 14.6 Å². The quantitative estimate of drug-likeness (QED) is 0.327. The molecule has 11 heteroatoms. The molecule has 172 valence electrons. The van der Waals surface area contributed by atoms with Crippen LogP contribution in [0.1, 0.15) is 45.6 Å². The zero-order chi connectivity index (χ0) is 24.1. The van der Waals surface area contributed by atoms with Gasteiger partial charge in [0.1, 0.15) is 0 Å². The Labute approximate surface area is 184 Å². The topological polar surface area (TPSA) is 137 Å². The van der Waals surface area contributed by atoms with E-state index in [1.54, 1.807) is 30.3 Å². The lowest BCUT2D eigenvalue weighted by Crippen LogP contribution is -2.72. The molecule has 1 saturated heterocycles. The van der Waals surface area contributed by atoms with Crippen molar-refractivity contribution in [3.05, 3.63) is 35.9 Å². The van der Waals surface area contributed by atoms with Crippen molar-refractivity contribution in [2.24, 2.45) is 0 Å². The minimum Gasteiger partial charge on any atom is -0.444 e. The van der Waals surface area contributed by atoms with Gasteiger partial charge in [-0.2, -0.15) is 0 Å². The number of carbonyl (C=O) groups is 6. The fraction of sp³-hybridized carbons (Fsp3) is 0.429. The van der Waals surface area contributed by atoms with E-state index >= 15 is 0 Å². The molecule has 0 radical (unpaired) electrons. The molecule has 0 aromatic heterocycles. The van der Waals surface area contributed by atoms with E-state index < -0.39 is 60.7 Å². The third-order valence-corrected chi connectivity index (χ3v) is 4.85. The molecule has 4 amide bonds. The average Bonchev–Trinajstić information content (AvgIpc) is 2.76. The summed E-state index contributed by atoms with van der Waals surface area (Å²) < 4.78 is 15.0. The molecule has 1 aromatic carbocycles. The molecule has 1 aromatic rings. The maximum Gasteiger partial charge on any atom is 0.339 e. The standard InChI is InChI=1S/C21H24N2O9/c1-5-17(26)32-21(13(2)16-9-7-6-8-10-16)18(27)22(11-30-14(3)24)20(29)23(19(21)28)12-31-15(4)25/h6-10,13H,5,11-12H2,1-4H3. The first-order valence-corrected chi connectivity index (χ1v) is 9.77. The number of hydrogen-bond donors (Lipinski definition) is 0. The largest absolute Gasteiger partial charge is 0.444 e. The third-order valence-electron chi connectivity index (χ3n) is 4.85. The summed E-state index contributed by atoms with van der Waals surface area (Å²) >= 11 is 0. The molecule has 1 aliphatic rings. The lowest BCUT2D eigenvalue weighted by molar-refractivity contribution is -0.193. The van der Waals surface area contributed by atoms with Gasteiger partial charge in [0, 0.05) is 26.2 Å². The van der Waals surface area contributed by atoms with Crippen molar-refractivity contribution >= 4 is 35.8 Å².